The van der Waals surface area contributed by atoms with E-state index < -0.39 is 0 Å². The molecule has 0 aliphatic heterocycles. The SMILES string of the molecule is CCC(=O)CCCCCc1nc2cc(N(CCCl)CCCl)ccc2n1C. The summed E-state index contributed by atoms with van der Waals surface area (Å²) in [6.07, 6.45) is 5.41. The Hall–Kier alpha value is -1.26. The number of benzene rings is 1. The third-order valence-corrected chi connectivity index (χ3v) is 5.12. The summed E-state index contributed by atoms with van der Waals surface area (Å²) < 4.78 is 2.17. The van der Waals surface area contributed by atoms with E-state index in [2.05, 4.69) is 34.7 Å². The number of fused-ring (bicyclic) bond motifs is 1. The number of aryl methyl sites for hydroxylation is 2. The molecule has 0 atom stereocenters. The molecule has 0 radical (unpaired) electrons. The Morgan fingerprint density at radius 1 is 1.15 bits per heavy atom. The second kappa shape index (κ2) is 10.8. The smallest absolute Gasteiger partial charge is 0.132 e. The lowest BCUT2D eigenvalue weighted by Gasteiger charge is -2.22. The maximum absolute atomic E-state index is 11.4. The van der Waals surface area contributed by atoms with Gasteiger partial charge in [0.05, 0.1) is 11.0 Å². The first kappa shape index (κ1) is 21.0. The molecule has 1 aromatic carbocycles. The first-order valence-corrected chi connectivity index (χ1v) is 10.5. The van der Waals surface area contributed by atoms with E-state index in [1.807, 2.05) is 6.92 Å². The fourth-order valence-corrected chi connectivity index (χ4v) is 3.60. The number of carbonyl (C=O) groups excluding carboxylic acids is 1. The maximum Gasteiger partial charge on any atom is 0.132 e. The molecule has 0 saturated heterocycles. The molecule has 0 aliphatic rings. The number of nitrogens with zero attached hydrogens (tertiary/aromatic N) is 3. The quantitative estimate of drug-likeness (QED) is 0.376. The number of unbranched alkanes of at least 4 members (excludes halogenated alkanes) is 2. The van der Waals surface area contributed by atoms with E-state index in [4.69, 9.17) is 28.2 Å². The van der Waals surface area contributed by atoms with Gasteiger partial charge in [0.1, 0.15) is 11.6 Å². The van der Waals surface area contributed by atoms with E-state index in [-0.39, 0.29) is 0 Å². The zero-order chi connectivity index (χ0) is 18.9. The third-order valence-electron chi connectivity index (χ3n) is 4.78. The van der Waals surface area contributed by atoms with Crippen molar-refractivity contribution in [3.63, 3.8) is 0 Å². The van der Waals surface area contributed by atoms with Crippen molar-refractivity contribution in [2.45, 2.75) is 45.4 Å². The van der Waals surface area contributed by atoms with Gasteiger partial charge >= 0.3 is 0 Å². The minimum absolute atomic E-state index is 0.360. The van der Waals surface area contributed by atoms with Crippen molar-refractivity contribution < 1.29 is 4.79 Å². The summed E-state index contributed by atoms with van der Waals surface area (Å²) in [5.74, 6) is 2.60. The van der Waals surface area contributed by atoms with Gasteiger partial charge in [0.15, 0.2) is 0 Å². The average Bonchev–Trinajstić information content (AvgIpc) is 2.96. The summed E-state index contributed by atoms with van der Waals surface area (Å²) in [5, 5.41) is 0. The molecule has 0 N–H and O–H groups in total. The van der Waals surface area contributed by atoms with Crippen molar-refractivity contribution in [3.8, 4) is 0 Å². The number of aromatic nitrogens is 2. The van der Waals surface area contributed by atoms with Gasteiger partial charge in [-0.15, -0.1) is 23.2 Å². The van der Waals surface area contributed by atoms with Crippen LogP contribution in [0.4, 0.5) is 5.69 Å². The molecular formula is C20H29Cl2N3O. The highest BCUT2D eigenvalue weighted by atomic mass is 35.5. The maximum atomic E-state index is 11.4. The summed E-state index contributed by atoms with van der Waals surface area (Å²) >= 11 is 11.8. The lowest BCUT2D eigenvalue weighted by Crippen LogP contribution is -2.27. The first-order valence-electron chi connectivity index (χ1n) is 9.44. The van der Waals surface area contributed by atoms with Gasteiger partial charge < -0.3 is 9.47 Å². The highest BCUT2D eigenvalue weighted by molar-refractivity contribution is 6.18. The molecule has 4 nitrogen and oxygen atoms in total. The second-order valence-electron chi connectivity index (χ2n) is 6.58. The van der Waals surface area contributed by atoms with Crippen LogP contribution in [0, 0.1) is 0 Å². The third kappa shape index (κ3) is 5.62. The van der Waals surface area contributed by atoms with Gasteiger partial charge in [-0.3, -0.25) is 4.79 Å². The van der Waals surface area contributed by atoms with Crippen molar-refractivity contribution in [1.29, 1.82) is 0 Å². The van der Waals surface area contributed by atoms with Gasteiger partial charge in [-0.2, -0.15) is 0 Å². The number of Topliss-reactive ketones (excluding diaryl/α,β-unsaturated/α-hetero) is 1. The Labute approximate surface area is 166 Å². The molecule has 1 aromatic heterocycles. The van der Waals surface area contributed by atoms with E-state index in [9.17, 15) is 4.79 Å². The molecule has 2 rings (SSSR count). The minimum atomic E-state index is 0.360. The molecule has 2 aromatic rings. The summed E-state index contributed by atoms with van der Waals surface area (Å²) in [6.45, 7) is 3.48. The van der Waals surface area contributed by atoms with E-state index in [0.29, 0.717) is 30.4 Å². The molecule has 0 aliphatic carbocycles. The molecule has 0 bridgehead atoms. The highest BCUT2D eigenvalue weighted by Gasteiger charge is 2.11. The van der Waals surface area contributed by atoms with Crippen LogP contribution in [-0.2, 0) is 18.3 Å². The zero-order valence-corrected chi connectivity index (χ0v) is 17.3. The van der Waals surface area contributed by atoms with Crippen LogP contribution in [0.15, 0.2) is 18.2 Å². The minimum Gasteiger partial charge on any atom is -0.369 e. The lowest BCUT2D eigenvalue weighted by atomic mass is 10.1. The number of imidazole rings is 1. The summed E-state index contributed by atoms with van der Waals surface area (Å²) in [7, 11) is 2.07. The Morgan fingerprint density at radius 3 is 2.54 bits per heavy atom. The number of anilines is 1. The van der Waals surface area contributed by atoms with Crippen LogP contribution in [-0.4, -0.2) is 40.2 Å². The summed E-state index contributed by atoms with van der Waals surface area (Å²) in [4.78, 5) is 18.4. The number of alkyl halides is 2. The first-order chi connectivity index (χ1) is 12.6. The Kier molecular flexibility index (Phi) is 8.73. The summed E-state index contributed by atoms with van der Waals surface area (Å²) in [5.41, 5.74) is 3.26. The van der Waals surface area contributed by atoms with Gasteiger partial charge in [0.25, 0.3) is 0 Å². The number of rotatable bonds is 12. The highest BCUT2D eigenvalue weighted by Crippen LogP contribution is 2.23. The van der Waals surface area contributed by atoms with Crippen LogP contribution in [0.1, 0.15) is 44.9 Å². The van der Waals surface area contributed by atoms with E-state index in [0.717, 1.165) is 61.3 Å². The average molecular weight is 398 g/mol. The van der Waals surface area contributed by atoms with Gasteiger partial charge in [-0.05, 0) is 31.0 Å². The topological polar surface area (TPSA) is 38.1 Å². The van der Waals surface area contributed by atoms with Crippen LogP contribution < -0.4 is 4.90 Å². The molecule has 1 heterocycles. The van der Waals surface area contributed by atoms with Crippen LogP contribution in [0.5, 0.6) is 0 Å². The number of carbonyl (C=O) groups is 1. The predicted octanol–water partition coefficient (Wildman–Crippen LogP) is 4.94. The number of ketones is 1. The monoisotopic (exact) mass is 397 g/mol. The van der Waals surface area contributed by atoms with Crippen LogP contribution in [0.2, 0.25) is 0 Å². The number of hydrogen-bond acceptors (Lipinski definition) is 3. The normalized spacial score (nSPS) is 11.2. The van der Waals surface area contributed by atoms with Crippen molar-refractivity contribution >= 4 is 45.7 Å². The molecule has 144 valence electrons. The molecule has 0 unspecified atom stereocenters. The largest absolute Gasteiger partial charge is 0.369 e. The fourth-order valence-electron chi connectivity index (χ4n) is 3.19. The van der Waals surface area contributed by atoms with E-state index in [1.165, 1.54) is 0 Å². The molecule has 0 amide bonds. The molecule has 0 saturated carbocycles. The van der Waals surface area contributed by atoms with Gasteiger partial charge in [0, 0.05) is 56.8 Å². The van der Waals surface area contributed by atoms with Crippen molar-refractivity contribution in [2.75, 3.05) is 29.7 Å². The Balaban J connectivity index is 2.03. The van der Waals surface area contributed by atoms with E-state index >= 15 is 0 Å². The van der Waals surface area contributed by atoms with Gasteiger partial charge in [0.2, 0.25) is 0 Å². The molecule has 0 spiro atoms. The van der Waals surface area contributed by atoms with Crippen molar-refractivity contribution in [3.05, 3.63) is 24.0 Å². The molecule has 26 heavy (non-hydrogen) atoms. The van der Waals surface area contributed by atoms with Crippen LogP contribution in [0.3, 0.4) is 0 Å². The van der Waals surface area contributed by atoms with Gasteiger partial charge in [-0.1, -0.05) is 13.3 Å². The van der Waals surface area contributed by atoms with E-state index in [1.54, 1.807) is 0 Å². The van der Waals surface area contributed by atoms with Crippen LogP contribution >= 0.6 is 23.2 Å². The summed E-state index contributed by atoms with van der Waals surface area (Å²) in [6, 6.07) is 6.36. The molecular weight excluding hydrogens is 369 g/mol. The number of hydrogen-bond donors (Lipinski definition) is 0. The van der Waals surface area contributed by atoms with Crippen molar-refractivity contribution in [1.82, 2.24) is 9.55 Å². The Morgan fingerprint density at radius 2 is 1.88 bits per heavy atom. The van der Waals surface area contributed by atoms with Gasteiger partial charge in [-0.25, -0.2) is 4.98 Å². The van der Waals surface area contributed by atoms with Crippen LogP contribution in [0.25, 0.3) is 11.0 Å². The molecule has 0 fully saturated rings. The predicted molar refractivity (Wildman–Crippen MR) is 112 cm³/mol. The number of halogens is 2. The Bertz CT molecular complexity index is 708. The molecule has 6 heteroatoms. The second-order valence-corrected chi connectivity index (χ2v) is 7.33. The fraction of sp³-hybridized carbons (Fsp3) is 0.600. The zero-order valence-electron chi connectivity index (χ0n) is 15.8. The standard InChI is InChI=1S/C20H29Cl2N3O/c1-3-17(26)7-5-4-6-8-20-23-18-15-16(9-10-19(18)24(20)2)25(13-11-21)14-12-22/h9-10,15H,3-8,11-14H2,1-2H3. The van der Waals surface area contributed by atoms with Crippen molar-refractivity contribution in [2.24, 2.45) is 7.05 Å². The lowest BCUT2D eigenvalue weighted by molar-refractivity contribution is -0.118.